The fourth-order valence-corrected chi connectivity index (χ4v) is 3.94. The number of amides is 2. The molecule has 2 saturated heterocycles. The Bertz CT molecular complexity index is 1300. The smallest absolute Gasteiger partial charge is 0.414 e. The van der Waals surface area contributed by atoms with Crippen LogP contribution in [0.4, 0.5) is 16.2 Å². The van der Waals surface area contributed by atoms with Crippen LogP contribution in [0, 0.1) is 5.92 Å². The van der Waals surface area contributed by atoms with Gasteiger partial charge in [0.05, 0.1) is 27.2 Å². The second kappa shape index (κ2) is 7.63. The number of morpholine rings is 1. The molecule has 8 nitrogen and oxygen atoms in total. The van der Waals surface area contributed by atoms with Crippen LogP contribution in [0.2, 0.25) is 0 Å². The fourth-order valence-electron chi connectivity index (χ4n) is 3.94. The van der Waals surface area contributed by atoms with Crippen molar-refractivity contribution in [2.75, 3.05) is 36.0 Å². The number of anilines is 2. The van der Waals surface area contributed by atoms with E-state index in [1.54, 1.807) is 24.3 Å². The predicted molar refractivity (Wildman–Crippen MR) is 110 cm³/mol. The van der Waals surface area contributed by atoms with E-state index in [4.69, 9.17) is 13.0 Å². The fraction of sp³-hybridized carbons (Fsp3) is 0.304. The van der Waals surface area contributed by atoms with E-state index in [1.165, 1.54) is 29.2 Å². The summed E-state index contributed by atoms with van der Waals surface area (Å²) in [7, 11) is 0. The van der Waals surface area contributed by atoms with Crippen LogP contribution in [0.5, 0.6) is 0 Å². The Hall–Kier alpha value is -3.52. The molecule has 2 fully saturated rings. The Balaban J connectivity index is 1.33. The maximum absolute atomic E-state index is 12.7. The number of hydrogen-bond donors (Lipinski definition) is 0. The van der Waals surface area contributed by atoms with Gasteiger partial charge in [-0.25, -0.2) is 4.79 Å². The van der Waals surface area contributed by atoms with E-state index in [-0.39, 0.29) is 30.2 Å². The van der Waals surface area contributed by atoms with E-state index in [1.807, 2.05) is 0 Å². The highest BCUT2D eigenvalue weighted by molar-refractivity contribution is 6.26. The van der Waals surface area contributed by atoms with Gasteiger partial charge in [0.2, 0.25) is 0 Å². The van der Waals surface area contributed by atoms with E-state index in [9.17, 15) is 19.2 Å². The molecule has 1 aliphatic carbocycles. The molecule has 2 heterocycles. The molecule has 158 valence electrons. The van der Waals surface area contributed by atoms with Gasteiger partial charge in [0, 0.05) is 35.4 Å². The first-order valence-corrected chi connectivity index (χ1v) is 9.55. The number of benzene rings is 2. The lowest BCUT2D eigenvalue weighted by molar-refractivity contribution is -0.125. The SMILES string of the molecule is [2H]C1([2H])OC([2H])([2H])C([2H])([2H])N(c2ccc(N3C[C@H](CC4C(=O)c5ccccc5C4=O)OC3=O)cc2)C1=O. The molecule has 31 heavy (non-hydrogen) atoms. The van der Waals surface area contributed by atoms with Crippen molar-refractivity contribution in [1.29, 1.82) is 0 Å². The molecule has 2 amide bonds. The zero-order chi connectivity index (χ0) is 26.9. The third kappa shape index (κ3) is 3.38. The first-order valence-electron chi connectivity index (χ1n) is 12.5. The normalized spacial score (nSPS) is 29.4. The van der Waals surface area contributed by atoms with Crippen LogP contribution in [0.3, 0.4) is 0 Å². The maximum Gasteiger partial charge on any atom is 0.414 e. The number of ether oxygens (including phenoxy) is 2. The largest absolute Gasteiger partial charge is 0.444 e. The first kappa shape index (κ1) is 13.7. The number of cyclic esters (lactones) is 1. The summed E-state index contributed by atoms with van der Waals surface area (Å²) in [4.78, 5) is 52.1. The van der Waals surface area contributed by atoms with Crippen LogP contribution in [-0.2, 0) is 14.3 Å². The van der Waals surface area contributed by atoms with E-state index >= 15 is 0 Å². The summed E-state index contributed by atoms with van der Waals surface area (Å²) in [6.07, 6.45) is -1.45. The van der Waals surface area contributed by atoms with E-state index < -0.39 is 43.6 Å². The van der Waals surface area contributed by atoms with Crippen LogP contribution in [0.25, 0.3) is 0 Å². The number of Topliss-reactive ketones (excluding diaryl/α,β-unsaturated/α-hetero) is 2. The van der Waals surface area contributed by atoms with Gasteiger partial charge < -0.3 is 14.4 Å². The third-order valence-corrected chi connectivity index (χ3v) is 5.43. The molecule has 0 spiro atoms. The minimum Gasteiger partial charge on any atom is -0.444 e. The van der Waals surface area contributed by atoms with Gasteiger partial charge in [0.25, 0.3) is 5.91 Å². The maximum atomic E-state index is 12.7. The highest BCUT2D eigenvalue weighted by Gasteiger charge is 2.43. The summed E-state index contributed by atoms with van der Waals surface area (Å²) in [5, 5.41) is 0. The van der Waals surface area contributed by atoms with Crippen molar-refractivity contribution < 1.29 is 36.9 Å². The van der Waals surface area contributed by atoms with Crippen molar-refractivity contribution in [1.82, 2.24) is 0 Å². The topological polar surface area (TPSA) is 93.2 Å². The lowest BCUT2D eigenvalue weighted by Crippen LogP contribution is -2.41. The van der Waals surface area contributed by atoms with Crippen molar-refractivity contribution in [3.8, 4) is 0 Å². The number of hydrogen-bond acceptors (Lipinski definition) is 6. The summed E-state index contributed by atoms with van der Waals surface area (Å²) >= 11 is 0. The molecule has 2 aromatic rings. The highest BCUT2D eigenvalue weighted by Crippen LogP contribution is 2.33. The van der Waals surface area contributed by atoms with Crippen LogP contribution >= 0.6 is 0 Å². The molecular formula is C23H20N2O6. The van der Waals surface area contributed by atoms with Crippen LogP contribution in [-0.4, -0.2) is 55.8 Å². The minimum absolute atomic E-state index is 0.0132. The molecule has 0 radical (unpaired) electrons. The quantitative estimate of drug-likeness (QED) is 0.698. The van der Waals surface area contributed by atoms with Crippen molar-refractivity contribution in [2.45, 2.75) is 12.5 Å². The number of nitrogens with zero attached hydrogens (tertiary/aromatic N) is 2. The van der Waals surface area contributed by atoms with Gasteiger partial charge in [0.15, 0.2) is 11.6 Å². The second-order valence-corrected chi connectivity index (χ2v) is 7.25. The molecule has 5 rings (SSSR count). The lowest BCUT2D eigenvalue weighted by Gasteiger charge is -2.27. The number of carbonyl (C=O) groups is 4. The summed E-state index contributed by atoms with van der Waals surface area (Å²) in [6, 6.07) is 11.7. The van der Waals surface area contributed by atoms with Gasteiger partial charge in [-0.3, -0.25) is 19.3 Å². The molecular weight excluding hydrogens is 400 g/mol. The van der Waals surface area contributed by atoms with Gasteiger partial charge >= 0.3 is 6.09 Å². The molecule has 2 aliphatic heterocycles. The third-order valence-electron chi connectivity index (χ3n) is 5.43. The van der Waals surface area contributed by atoms with Crippen LogP contribution in [0.1, 0.15) is 35.4 Å². The Kier molecular flexibility index (Phi) is 3.37. The Morgan fingerprint density at radius 2 is 1.52 bits per heavy atom. The molecule has 0 bridgehead atoms. The summed E-state index contributed by atoms with van der Waals surface area (Å²) < 4.78 is 56.8. The van der Waals surface area contributed by atoms with Gasteiger partial charge in [0.1, 0.15) is 12.7 Å². The first-order chi connectivity index (χ1) is 17.2. The monoisotopic (exact) mass is 426 g/mol. The van der Waals surface area contributed by atoms with Crippen molar-refractivity contribution in [3.05, 3.63) is 59.7 Å². The average molecular weight is 426 g/mol. The summed E-state index contributed by atoms with van der Waals surface area (Å²) in [5.74, 6) is -3.00. The summed E-state index contributed by atoms with van der Waals surface area (Å²) in [6.45, 7) is -9.25. The number of rotatable bonds is 4. The van der Waals surface area contributed by atoms with Gasteiger partial charge in [-0.1, -0.05) is 24.3 Å². The number of carbonyl (C=O) groups excluding carboxylic acids is 4. The molecule has 8 heteroatoms. The predicted octanol–water partition coefficient (Wildman–Crippen LogP) is 2.46. The summed E-state index contributed by atoms with van der Waals surface area (Å²) in [5.41, 5.74) is 0.843. The molecule has 2 aromatic carbocycles. The molecule has 1 atom stereocenters. The van der Waals surface area contributed by atoms with E-state index in [0.717, 1.165) is 0 Å². The molecule has 0 N–H and O–H groups in total. The zero-order valence-corrected chi connectivity index (χ0v) is 16.0. The van der Waals surface area contributed by atoms with Crippen molar-refractivity contribution in [2.24, 2.45) is 5.92 Å². The Labute approximate surface area is 186 Å². The molecule has 0 unspecified atom stereocenters. The van der Waals surface area contributed by atoms with E-state index in [0.29, 0.717) is 21.7 Å². The molecule has 3 aliphatic rings. The Morgan fingerprint density at radius 3 is 2.16 bits per heavy atom. The minimum atomic E-state index is -3.15. The van der Waals surface area contributed by atoms with Gasteiger partial charge in [-0.05, 0) is 24.3 Å². The number of ketones is 2. The van der Waals surface area contributed by atoms with Crippen molar-refractivity contribution >= 4 is 34.9 Å². The second-order valence-electron chi connectivity index (χ2n) is 7.25. The number of fused-ring (bicyclic) bond motifs is 1. The van der Waals surface area contributed by atoms with Crippen LogP contribution in [0.15, 0.2) is 48.5 Å². The van der Waals surface area contributed by atoms with Crippen LogP contribution < -0.4 is 9.80 Å². The zero-order valence-electron chi connectivity index (χ0n) is 22.0. The molecule has 0 saturated carbocycles. The van der Waals surface area contributed by atoms with E-state index in [2.05, 4.69) is 4.74 Å². The van der Waals surface area contributed by atoms with Gasteiger partial charge in [-0.2, -0.15) is 0 Å². The highest BCUT2D eigenvalue weighted by atomic mass is 16.6. The lowest BCUT2D eigenvalue weighted by atomic mass is 9.96. The molecule has 0 aromatic heterocycles. The Morgan fingerprint density at radius 1 is 0.903 bits per heavy atom. The van der Waals surface area contributed by atoms with Crippen molar-refractivity contribution in [3.63, 3.8) is 0 Å². The standard InChI is InChI=1S/C23H20N2O6/c26-20-13-30-10-9-24(20)14-5-7-15(8-6-14)25-12-16(31-23(25)29)11-19-21(27)17-3-1-2-4-18(17)22(19)28/h1-8,16,19H,9-13H2/t16-/m0/s1/i9D2,10D2,13D2. The average Bonchev–Trinajstić information content (AvgIpc) is 3.31. The van der Waals surface area contributed by atoms with Gasteiger partial charge in [-0.15, -0.1) is 0 Å².